The summed E-state index contributed by atoms with van der Waals surface area (Å²) in [6.07, 6.45) is 0. The molecule has 1 saturated heterocycles. The minimum absolute atomic E-state index is 0.402. The van der Waals surface area contributed by atoms with Gasteiger partial charge in [0.25, 0.3) is 0 Å². The van der Waals surface area contributed by atoms with Gasteiger partial charge < -0.3 is 15.0 Å². The quantitative estimate of drug-likeness (QED) is 0.402. The lowest BCUT2D eigenvalue weighted by Crippen LogP contribution is -3.14. The summed E-state index contributed by atoms with van der Waals surface area (Å²) in [4.78, 5) is 1.48. The average Bonchev–Trinajstić information content (AvgIpc) is 2.56. The molecule has 1 fully saturated rings. The number of halogens is 2. The van der Waals surface area contributed by atoms with Crippen LogP contribution in [0.5, 0.6) is 0 Å². The molecule has 3 N–H and O–H groups in total. The molecule has 0 bridgehead atoms. The van der Waals surface area contributed by atoms with Gasteiger partial charge in [0.1, 0.15) is 13.1 Å². The highest BCUT2D eigenvalue weighted by molar-refractivity contribution is 7.80. The normalized spacial score (nSPS) is 16.2. The van der Waals surface area contributed by atoms with E-state index in [0.29, 0.717) is 16.4 Å². The standard InChI is InChI=1S/C15H20F2N4OS/c1-11(12-2-3-13(16)14(17)10-12)19-20-15(23)18-4-5-21-6-8-22-9-7-21/h2-3,10H,4-9H2,1H3,(H2,18,20,23)/p+1/b19-11-. The minimum atomic E-state index is -0.897. The summed E-state index contributed by atoms with van der Waals surface area (Å²) in [6, 6.07) is 3.65. The van der Waals surface area contributed by atoms with Crippen molar-refractivity contribution >= 4 is 23.0 Å². The summed E-state index contributed by atoms with van der Waals surface area (Å²) in [6.45, 7) is 7.01. The second kappa shape index (κ2) is 8.85. The van der Waals surface area contributed by atoms with Crippen LogP contribution in [0.1, 0.15) is 12.5 Å². The van der Waals surface area contributed by atoms with Gasteiger partial charge in [-0.25, -0.2) is 8.78 Å². The third-order valence-electron chi connectivity index (χ3n) is 3.63. The molecule has 126 valence electrons. The Morgan fingerprint density at radius 3 is 2.74 bits per heavy atom. The van der Waals surface area contributed by atoms with Crippen molar-refractivity contribution in [2.24, 2.45) is 5.10 Å². The predicted molar refractivity (Wildman–Crippen MR) is 88.7 cm³/mol. The maximum absolute atomic E-state index is 13.2. The number of rotatable bonds is 5. The van der Waals surface area contributed by atoms with E-state index in [4.69, 9.17) is 17.0 Å². The monoisotopic (exact) mass is 343 g/mol. The topological polar surface area (TPSA) is 50.1 Å². The first kappa shape index (κ1) is 17.7. The van der Waals surface area contributed by atoms with Crippen LogP contribution >= 0.6 is 12.2 Å². The fourth-order valence-corrected chi connectivity index (χ4v) is 2.37. The first-order valence-electron chi connectivity index (χ1n) is 7.51. The number of morpholine rings is 1. The van der Waals surface area contributed by atoms with Gasteiger partial charge in [0.15, 0.2) is 16.7 Å². The van der Waals surface area contributed by atoms with Gasteiger partial charge in [-0.15, -0.1) is 0 Å². The number of hydrogen-bond acceptors (Lipinski definition) is 3. The Hall–Kier alpha value is -1.64. The molecule has 0 spiro atoms. The number of benzene rings is 1. The largest absolute Gasteiger partial charge is 0.370 e. The SMILES string of the molecule is C/C(=N/NC(=S)NCC[NH+]1CCOCC1)c1ccc(F)c(F)c1. The van der Waals surface area contributed by atoms with Gasteiger partial charge in [0.05, 0.1) is 32.0 Å². The number of hydrazone groups is 1. The van der Waals surface area contributed by atoms with E-state index in [-0.39, 0.29) is 0 Å². The highest BCUT2D eigenvalue weighted by Crippen LogP contribution is 2.09. The fourth-order valence-electron chi connectivity index (χ4n) is 2.22. The number of nitrogens with one attached hydrogen (secondary N) is 3. The molecule has 1 aromatic rings. The molecule has 1 aliphatic rings. The molecule has 8 heteroatoms. The number of ether oxygens (including phenoxy) is 1. The fraction of sp³-hybridized carbons (Fsp3) is 0.467. The van der Waals surface area contributed by atoms with E-state index in [1.54, 1.807) is 6.92 Å². The zero-order valence-corrected chi connectivity index (χ0v) is 13.8. The van der Waals surface area contributed by atoms with Crippen molar-refractivity contribution in [2.45, 2.75) is 6.92 Å². The highest BCUT2D eigenvalue weighted by atomic mass is 32.1. The molecule has 1 heterocycles. The molecule has 1 aromatic carbocycles. The van der Waals surface area contributed by atoms with Crippen molar-refractivity contribution in [3.63, 3.8) is 0 Å². The number of thiocarbonyl (C=S) groups is 1. The molecule has 23 heavy (non-hydrogen) atoms. The zero-order chi connectivity index (χ0) is 16.7. The Labute approximate surface area is 139 Å². The third kappa shape index (κ3) is 5.81. The Morgan fingerprint density at radius 2 is 2.04 bits per heavy atom. The molecule has 0 radical (unpaired) electrons. The van der Waals surface area contributed by atoms with E-state index in [9.17, 15) is 8.78 Å². The maximum atomic E-state index is 13.2. The third-order valence-corrected chi connectivity index (χ3v) is 3.86. The second-order valence-electron chi connectivity index (χ2n) is 5.31. The Balaban J connectivity index is 1.74. The van der Waals surface area contributed by atoms with Crippen LogP contribution in [0.2, 0.25) is 0 Å². The van der Waals surface area contributed by atoms with Crippen molar-refractivity contribution in [3.8, 4) is 0 Å². The van der Waals surface area contributed by atoms with Crippen LogP contribution in [0.25, 0.3) is 0 Å². The first-order chi connectivity index (χ1) is 11.1. The summed E-state index contributed by atoms with van der Waals surface area (Å²) in [5.74, 6) is -1.77. The smallest absolute Gasteiger partial charge is 0.187 e. The molecule has 0 amide bonds. The molecule has 0 aromatic heterocycles. The van der Waals surface area contributed by atoms with Gasteiger partial charge in [-0.2, -0.15) is 5.10 Å². The minimum Gasteiger partial charge on any atom is -0.370 e. The molecule has 0 saturated carbocycles. The van der Waals surface area contributed by atoms with E-state index in [2.05, 4.69) is 15.8 Å². The van der Waals surface area contributed by atoms with Crippen LogP contribution in [0.3, 0.4) is 0 Å². The van der Waals surface area contributed by atoms with E-state index < -0.39 is 11.6 Å². The molecule has 1 aliphatic heterocycles. The predicted octanol–water partition coefficient (Wildman–Crippen LogP) is 0.0680. The Morgan fingerprint density at radius 1 is 1.30 bits per heavy atom. The van der Waals surface area contributed by atoms with Crippen LogP contribution in [0, 0.1) is 11.6 Å². The van der Waals surface area contributed by atoms with Crippen molar-refractivity contribution in [1.29, 1.82) is 0 Å². The van der Waals surface area contributed by atoms with Gasteiger partial charge in [-0.05, 0) is 37.3 Å². The molecule has 0 atom stereocenters. The maximum Gasteiger partial charge on any atom is 0.187 e. The Kier molecular flexibility index (Phi) is 6.82. The van der Waals surface area contributed by atoms with Gasteiger partial charge in [-0.1, -0.05) is 0 Å². The van der Waals surface area contributed by atoms with Gasteiger partial charge >= 0.3 is 0 Å². The van der Waals surface area contributed by atoms with Gasteiger partial charge in [-0.3, -0.25) is 5.43 Å². The number of hydrogen-bond donors (Lipinski definition) is 3. The lowest BCUT2D eigenvalue weighted by atomic mass is 10.1. The summed E-state index contributed by atoms with van der Waals surface area (Å²) < 4.78 is 31.4. The van der Waals surface area contributed by atoms with Crippen molar-refractivity contribution in [3.05, 3.63) is 35.4 Å². The van der Waals surface area contributed by atoms with E-state index in [1.807, 2.05) is 0 Å². The number of nitrogens with zero attached hydrogens (tertiary/aromatic N) is 1. The van der Waals surface area contributed by atoms with Crippen LogP contribution in [-0.4, -0.2) is 50.2 Å². The molecule has 0 aliphatic carbocycles. The van der Waals surface area contributed by atoms with E-state index in [1.165, 1.54) is 11.0 Å². The summed E-state index contributed by atoms with van der Waals surface area (Å²) >= 11 is 5.14. The Bertz CT molecular complexity index is 577. The zero-order valence-electron chi connectivity index (χ0n) is 13.0. The summed E-state index contributed by atoms with van der Waals surface area (Å²) in [5, 5.41) is 7.55. The van der Waals surface area contributed by atoms with Gasteiger partial charge in [0, 0.05) is 5.56 Å². The van der Waals surface area contributed by atoms with Crippen LogP contribution < -0.4 is 15.6 Å². The molecule has 2 rings (SSSR count). The lowest BCUT2D eigenvalue weighted by molar-refractivity contribution is -0.906. The molecular weight excluding hydrogens is 322 g/mol. The number of quaternary nitrogens is 1. The van der Waals surface area contributed by atoms with Crippen LogP contribution in [0.4, 0.5) is 8.78 Å². The van der Waals surface area contributed by atoms with Crippen molar-refractivity contribution < 1.29 is 18.4 Å². The summed E-state index contributed by atoms with van der Waals surface area (Å²) in [5.41, 5.74) is 3.73. The molecular formula is C15H21F2N4OS+. The van der Waals surface area contributed by atoms with Crippen molar-refractivity contribution in [1.82, 2.24) is 10.7 Å². The lowest BCUT2D eigenvalue weighted by Gasteiger charge is -2.23. The van der Waals surface area contributed by atoms with Crippen LogP contribution in [-0.2, 0) is 4.74 Å². The van der Waals surface area contributed by atoms with E-state index in [0.717, 1.165) is 51.5 Å². The van der Waals surface area contributed by atoms with E-state index >= 15 is 0 Å². The highest BCUT2D eigenvalue weighted by Gasteiger charge is 2.12. The average molecular weight is 343 g/mol. The summed E-state index contributed by atoms with van der Waals surface area (Å²) in [7, 11) is 0. The van der Waals surface area contributed by atoms with Gasteiger partial charge in [0.2, 0.25) is 0 Å². The van der Waals surface area contributed by atoms with Crippen LogP contribution in [0.15, 0.2) is 23.3 Å². The first-order valence-corrected chi connectivity index (χ1v) is 7.92. The molecule has 0 unspecified atom stereocenters. The second-order valence-corrected chi connectivity index (χ2v) is 5.71. The molecule has 5 nitrogen and oxygen atoms in total. The van der Waals surface area contributed by atoms with Crippen molar-refractivity contribution in [2.75, 3.05) is 39.4 Å².